The van der Waals surface area contributed by atoms with Crippen LogP contribution in [0, 0.1) is 6.92 Å². The van der Waals surface area contributed by atoms with E-state index >= 15 is 0 Å². The second-order valence-electron chi connectivity index (χ2n) is 4.57. The highest BCUT2D eigenvalue weighted by atomic mass is 35.5. The number of nitrogens with zero attached hydrogens (tertiary/aromatic N) is 1. The highest BCUT2D eigenvalue weighted by Gasteiger charge is 2.11. The lowest BCUT2D eigenvalue weighted by Gasteiger charge is -2.27. The Morgan fingerprint density at radius 1 is 1.35 bits per heavy atom. The molecule has 0 atom stereocenters. The molecule has 0 aromatic heterocycles. The van der Waals surface area contributed by atoms with E-state index in [0.29, 0.717) is 5.75 Å². The number of halogens is 1. The highest BCUT2D eigenvalue weighted by molar-refractivity contribution is 6.31. The van der Waals surface area contributed by atoms with Gasteiger partial charge in [0.2, 0.25) is 0 Å². The van der Waals surface area contributed by atoms with Gasteiger partial charge in [0.05, 0.1) is 0 Å². The van der Waals surface area contributed by atoms with Crippen molar-refractivity contribution in [1.82, 2.24) is 10.2 Å². The molecule has 1 heterocycles. The largest absolute Gasteiger partial charge is 0.508 e. The van der Waals surface area contributed by atoms with Gasteiger partial charge in [0, 0.05) is 37.7 Å². The summed E-state index contributed by atoms with van der Waals surface area (Å²) in [4.78, 5) is 2.41. The monoisotopic (exact) mass is 254 g/mol. The molecule has 0 saturated carbocycles. The number of aryl methyl sites for hydroxylation is 1. The van der Waals surface area contributed by atoms with Crippen LogP contribution in [0.1, 0.15) is 11.1 Å². The van der Waals surface area contributed by atoms with Gasteiger partial charge >= 0.3 is 0 Å². The maximum atomic E-state index is 9.86. The molecule has 3 nitrogen and oxygen atoms in total. The molecule has 0 radical (unpaired) electrons. The molecule has 2 rings (SSSR count). The topological polar surface area (TPSA) is 35.5 Å². The van der Waals surface area contributed by atoms with Gasteiger partial charge in [0.15, 0.2) is 0 Å². The summed E-state index contributed by atoms with van der Waals surface area (Å²) in [6.07, 6.45) is 0.853. The van der Waals surface area contributed by atoms with Gasteiger partial charge in [-0.3, -0.25) is 0 Å². The Bertz CT molecular complexity index is 389. The molecule has 1 aromatic rings. The molecule has 0 spiro atoms. The van der Waals surface area contributed by atoms with Crippen LogP contribution in [0.5, 0.6) is 5.75 Å². The van der Waals surface area contributed by atoms with Crippen LogP contribution in [0.25, 0.3) is 0 Å². The predicted molar refractivity (Wildman–Crippen MR) is 70.9 cm³/mol. The number of phenolic OH excluding ortho intramolecular Hbond substituents is 1. The highest BCUT2D eigenvalue weighted by Crippen LogP contribution is 2.26. The second kappa shape index (κ2) is 5.71. The molecule has 0 bridgehead atoms. The molecule has 0 unspecified atom stereocenters. The summed E-state index contributed by atoms with van der Waals surface area (Å²) in [6.45, 7) is 7.17. The molecule has 4 heteroatoms. The number of benzene rings is 1. The van der Waals surface area contributed by atoms with Crippen LogP contribution in [-0.2, 0) is 6.42 Å². The van der Waals surface area contributed by atoms with Crippen molar-refractivity contribution in [3.63, 3.8) is 0 Å². The Morgan fingerprint density at radius 3 is 2.76 bits per heavy atom. The van der Waals surface area contributed by atoms with E-state index in [0.717, 1.165) is 55.3 Å². The number of nitrogens with one attached hydrogen (secondary N) is 1. The third-order valence-corrected chi connectivity index (χ3v) is 3.67. The molecule has 1 aliphatic rings. The molecule has 2 N–H and O–H groups in total. The summed E-state index contributed by atoms with van der Waals surface area (Å²) in [5.74, 6) is 0.363. The van der Waals surface area contributed by atoms with E-state index < -0.39 is 0 Å². The molecule has 1 aromatic carbocycles. The third kappa shape index (κ3) is 3.35. The zero-order valence-corrected chi connectivity index (χ0v) is 10.9. The van der Waals surface area contributed by atoms with Gasteiger partial charge in [-0.15, -0.1) is 0 Å². The number of rotatable bonds is 3. The molecule has 1 saturated heterocycles. The number of hydrogen-bond acceptors (Lipinski definition) is 3. The van der Waals surface area contributed by atoms with Crippen molar-refractivity contribution < 1.29 is 5.11 Å². The lowest BCUT2D eigenvalue weighted by molar-refractivity contribution is 0.243. The van der Waals surface area contributed by atoms with Gasteiger partial charge in [-0.2, -0.15) is 0 Å². The predicted octanol–water partition coefficient (Wildman–Crippen LogP) is 1.80. The smallest absolute Gasteiger partial charge is 0.119 e. The Kier molecular flexibility index (Phi) is 4.26. The van der Waals surface area contributed by atoms with Crippen LogP contribution in [0.15, 0.2) is 12.1 Å². The van der Waals surface area contributed by atoms with Gasteiger partial charge in [-0.05, 0) is 36.6 Å². The van der Waals surface area contributed by atoms with Crippen molar-refractivity contribution >= 4 is 11.6 Å². The van der Waals surface area contributed by atoms with Crippen molar-refractivity contribution in [3.8, 4) is 5.75 Å². The van der Waals surface area contributed by atoms with E-state index in [9.17, 15) is 5.11 Å². The van der Waals surface area contributed by atoms with Crippen molar-refractivity contribution in [2.75, 3.05) is 32.7 Å². The molecule has 0 amide bonds. The van der Waals surface area contributed by atoms with Crippen LogP contribution in [0.2, 0.25) is 5.02 Å². The van der Waals surface area contributed by atoms with Crippen LogP contribution in [0.3, 0.4) is 0 Å². The summed E-state index contributed by atoms with van der Waals surface area (Å²) >= 11 is 6.07. The van der Waals surface area contributed by atoms with Gasteiger partial charge in [0.1, 0.15) is 5.75 Å². The Labute approximate surface area is 107 Å². The van der Waals surface area contributed by atoms with E-state index in [-0.39, 0.29) is 0 Å². The average Bonchev–Trinajstić information content (AvgIpc) is 2.33. The molecular formula is C13H19ClN2O. The Balaban J connectivity index is 1.96. The first-order valence-corrected chi connectivity index (χ1v) is 6.45. The van der Waals surface area contributed by atoms with Crippen molar-refractivity contribution in [2.45, 2.75) is 13.3 Å². The van der Waals surface area contributed by atoms with Crippen LogP contribution in [0.4, 0.5) is 0 Å². The lowest BCUT2D eigenvalue weighted by Crippen LogP contribution is -2.44. The Hall–Kier alpha value is -0.770. The van der Waals surface area contributed by atoms with Crippen molar-refractivity contribution in [2.24, 2.45) is 0 Å². The third-order valence-electron chi connectivity index (χ3n) is 3.27. The molecular weight excluding hydrogens is 236 g/mol. The van der Waals surface area contributed by atoms with E-state index in [4.69, 9.17) is 11.6 Å². The minimum Gasteiger partial charge on any atom is -0.508 e. The lowest BCUT2D eigenvalue weighted by atomic mass is 10.1. The van der Waals surface area contributed by atoms with Crippen LogP contribution < -0.4 is 5.32 Å². The summed E-state index contributed by atoms with van der Waals surface area (Å²) in [5.41, 5.74) is 1.87. The summed E-state index contributed by atoms with van der Waals surface area (Å²) in [7, 11) is 0. The number of piperazine rings is 1. The number of aromatic hydroxyl groups is 1. The van der Waals surface area contributed by atoms with Crippen LogP contribution >= 0.6 is 11.6 Å². The summed E-state index contributed by atoms with van der Waals surface area (Å²) in [5, 5.41) is 13.9. The SMILES string of the molecule is Cc1cc(O)c(CCN2CCNCC2)cc1Cl. The van der Waals surface area contributed by atoms with Gasteiger partial charge in [-0.25, -0.2) is 0 Å². The molecule has 1 aliphatic heterocycles. The number of hydrogen-bond donors (Lipinski definition) is 2. The number of phenols is 1. The fraction of sp³-hybridized carbons (Fsp3) is 0.538. The summed E-state index contributed by atoms with van der Waals surface area (Å²) in [6, 6.07) is 3.63. The molecule has 17 heavy (non-hydrogen) atoms. The first-order valence-electron chi connectivity index (χ1n) is 6.08. The zero-order chi connectivity index (χ0) is 12.3. The van der Waals surface area contributed by atoms with Crippen LogP contribution in [-0.4, -0.2) is 42.7 Å². The fourth-order valence-electron chi connectivity index (χ4n) is 2.12. The minimum atomic E-state index is 0.363. The van der Waals surface area contributed by atoms with Gasteiger partial charge in [0.25, 0.3) is 0 Å². The van der Waals surface area contributed by atoms with Gasteiger partial charge < -0.3 is 15.3 Å². The van der Waals surface area contributed by atoms with E-state index in [2.05, 4.69) is 10.2 Å². The van der Waals surface area contributed by atoms with Crippen molar-refractivity contribution in [1.29, 1.82) is 0 Å². The first-order chi connectivity index (χ1) is 8.16. The van der Waals surface area contributed by atoms with Crippen molar-refractivity contribution in [3.05, 3.63) is 28.3 Å². The van der Waals surface area contributed by atoms with E-state index in [1.165, 1.54) is 0 Å². The standard InChI is InChI=1S/C13H19ClN2O/c1-10-8-13(17)11(9-12(10)14)2-5-16-6-3-15-4-7-16/h8-9,15,17H,2-7H2,1H3. The maximum Gasteiger partial charge on any atom is 0.119 e. The summed E-state index contributed by atoms with van der Waals surface area (Å²) < 4.78 is 0. The quantitative estimate of drug-likeness (QED) is 0.864. The molecule has 94 valence electrons. The first kappa shape index (κ1) is 12.7. The fourth-order valence-corrected chi connectivity index (χ4v) is 2.31. The zero-order valence-electron chi connectivity index (χ0n) is 10.2. The normalized spacial score (nSPS) is 17.3. The van der Waals surface area contributed by atoms with E-state index in [1.807, 2.05) is 13.0 Å². The minimum absolute atomic E-state index is 0.363. The molecule has 1 fully saturated rings. The van der Waals surface area contributed by atoms with E-state index in [1.54, 1.807) is 6.07 Å². The Morgan fingerprint density at radius 2 is 2.06 bits per heavy atom. The molecule has 0 aliphatic carbocycles. The maximum absolute atomic E-state index is 9.86. The van der Waals surface area contributed by atoms with Gasteiger partial charge in [-0.1, -0.05) is 11.6 Å². The average molecular weight is 255 g/mol. The second-order valence-corrected chi connectivity index (χ2v) is 4.98.